The third kappa shape index (κ3) is 3.51. The van der Waals surface area contributed by atoms with Crippen molar-refractivity contribution < 1.29 is 4.79 Å². The number of carbonyl (C=O) groups is 1. The average molecular weight is 429 g/mol. The van der Waals surface area contributed by atoms with Crippen molar-refractivity contribution >= 4 is 22.4 Å². The lowest BCUT2D eigenvalue weighted by Gasteiger charge is -2.21. The molecule has 0 aliphatic heterocycles. The number of fused-ring (bicyclic) bond motifs is 1. The molecule has 32 heavy (non-hydrogen) atoms. The van der Waals surface area contributed by atoms with Crippen molar-refractivity contribution in [3.05, 3.63) is 87.6 Å². The van der Waals surface area contributed by atoms with Gasteiger partial charge in [-0.2, -0.15) is 9.78 Å². The Bertz CT molecular complexity index is 1370. The van der Waals surface area contributed by atoms with Crippen molar-refractivity contribution in [2.24, 2.45) is 0 Å². The zero-order chi connectivity index (χ0) is 23.0. The number of benzene rings is 2. The maximum absolute atomic E-state index is 13.4. The molecule has 1 unspecified atom stereocenters. The molecular formula is C26H28N4O2. The second-order valence-corrected chi connectivity index (χ2v) is 8.19. The summed E-state index contributed by atoms with van der Waals surface area (Å²) in [6.45, 7) is 9.86. The topological polar surface area (TPSA) is 68.9 Å². The van der Waals surface area contributed by atoms with Gasteiger partial charge in [0.1, 0.15) is 6.04 Å². The SMILES string of the molecule is CCC(C(=O)Nc1cccc(C)c1C)n1c(C)c2cnn(-c3ccccc3)c(=O)c2c1C. The van der Waals surface area contributed by atoms with Crippen LogP contribution in [0.2, 0.25) is 0 Å². The minimum Gasteiger partial charge on any atom is -0.335 e. The second kappa shape index (κ2) is 8.46. The molecule has 0 spiro atoms. The van der Waals surface area contributed by atoms with E-state index in [2.05, 4.69) is 10.4 Å². The number of carbonyl (C=O) groups excluding carboxylic acids is 1. The van der Waals surface area contributed by atoms with E-state index in [4.69, 9.17) is 0 Å². The predicted molar refractivity (Wildman–Crippen MR) is 129 cm³/mol. The van der Waals surface area contributed by atoms with Crippen LogP contribution < -0.4 is 10.9 Å². The molecule has 2 aromatic heterocycles. The van der Waals surface area contributed by atoms with E-state index >= 15 is 0 Å². The molecule has 0 radical (unpaired) electrons. The number of rotatable bonds is 5. The Morgan fingerprint density at radius 3 is 2.41 bits per heavy atom. The molecule has 6 nitrogen and oxygen atoms in total. The van der Waals surface area contributed by atoms with Crippen LogP contribution in [0.1, 0.15) is 41.9 Å². The van der Waals surface area contributed by atoms with Crippen LogP contribution in [0.25, 0.3) is 16.5 Å². The molecule has 4 aromatic rings. The predicted octanol–water partition coefficient (Wildman–Crippen LogP) is 5.01. The van der Waals surface area contributed by atoms with E-state index < -0.39 is 6.04 Å². The first-order valence-electron chi connectivity index (χ1n) is 10.9. The molecule has 0 saturated carbocycles. The lowest BCUT2D eigenvalue weighted by atomic mass is 10.1. The molecule has 2 aromatic carbocycles. The van der Waals surface area contributed by atoms with Crippen LogP contribution in [-0.4, -0.2) is 20.3 Å². The van der Waals surface area contributed by atoms with E-state index in [0.717, 1.165) is 33.6 Å². The summed E-state index contributed by atoms with van der Waals surface area (Å²) in [6, 6.07) is 14.8. The highest BCUT2D eigenvalue weighted by molar-refractivity contribution is 5.96. The molecule has 0 aliphatic carbocycles. The average Bonchev–Trinajstić information content (AvgIpc) is 3.04. The Morgan fingerprint density at radius 2 is 1.72 bits per heavy atom. The molecule has 0 bridgehead atoms. The van der Waals surface area contributed by atoms with Crippen LogP contribution in [0.15, 0.2) is 59.5 Å². The van der Waals surface area contributed by atoms with Gasteiger partial charge in [0.05, 0.1) is 17.3 Å². The molecule has 4 rings (SSSR count). The Kier molecular flexibility index (Phi) is 5.70. The number of aryl methyl sites for hydroxylation is 3. The van der Waals surface area contributed by atoms with E-state index in [1.54, 1.807) is 6.20 Å². The Hall–Kier alpha value is -3.67. The maximum atomic E-state index is 13.4. The van der Waals surface area contributed by atoms with E-state index in [0.29, 0.717) is 17.5 Å². The van der Waals surface area contributed by atoms with Gasteiger partial charge in [0.2, 0.25) is 5.91 Å². The van der Waals surface area contributed by atoms with Gasteiger partial charge in [-0.1, -0.05) is 37.3 Å². The smallest absolute Gasteiger partial charge is 0.281 e. The number of nitrogens with zero attached hydrogens (tertiary/aromatic N) is 3. The normalized spacial score (nSPS) is 12.2. The van der Waals surface area contributed by atoms with Gasteiger partial charge in [-0.05, 0) is 63.4 Å². The summed E-state index contributed by atoms with van der Waals surface area (Å²) >= 11 is 0. The van der Waals surface area contributed by atoms with Gasteiger partial charge >= 0.3 is 0 Å². The molecule has 2 heterocycles. The molecule has 164 valence electrons. The monoisotopic (exact) mass is 428 g/mol. The Morgan fingerprint density at radius 1 is 1.00 bits per heavy atom. The summed E-state index contributed by atoms with van der Waals surface area (Å²) in [5.41, 5.74) is 5.16. The number of anilines is 1. The van der Waals surface area contributed by atoms with E-state index in [1.807, 2.05) is 87.7 Å². The standard InChI is InChI=1S/C26H28N4O2/c1-6-23(25(31)28-22-14-10-11-16(2)17(22)3)29-18(4)21-15-27-30(20-12-8-7-9-13-20)26(32)24(21)19(29)5/h7-15,23H,6H2,1-5H3,(H,28,31). The van der Waals surface area contributed by atoms with Crippen LogP contribution in [0.4, 0.5) is 5.69 Å². The minimum atomic E-state index is -0.438. The molecule has 0 aliphatic rings. The minimum absolute atomic E-state index is 0.0935. The summed E-state index contributed by atoms with van der Waals surface area (Å²) < 4.78 is 3.39. The summed E-state index contributed by atoms with van der Waals surface area (Å²) in [5.74, 6) is -0.0935. The highest BCUT2D eigenvalue weighted by atomic mass is 16.2. The Balaban J connectivity index is 1.80. The largest absolute Gasteiger partial charge is 0.335 e. The van der Waals surface area contributed by atoms with Crippen LogP contribution in [-0.2, 0) is 4.79 Å². The highest BCUT2D eigenvalue weighted by Gasteiger charge is 2.26. The van der Waals surface area contributed by atoms with Crippen LogP contribution in [0.5, 0.6) is 0 Å². The molecule has 0 fully saturated rings. The van der Waals surface area contributed by atoms with Crippen molar-refractivity contribution in [2.45, 2.75) is 47.1 Å². The van der Waals surface area contributed by atoms with Gasteiger partial charge in [-0.3, -0.25) is 9.59 Å². The van der Waals surface area contributed by atoms with Crippen molar-refractivity contribution in [3.63, 3.8) is 0 Å². The number of para-hydroxylation sites is 1. The fourth-order valence-electron chi connectivity index (χ4n) is 4.39. The number of amides is 1. The van der Waals surface area contributed by atoms with Gasteiger partial charge < -0.3 is 9.88 Å². The van der Waals surface area contributed by atoms with Gasteiger partial charge in [0, 0.05) is 22.5 Å². The van der Waals surface area contributed by atoms with E-state index in [1.165, 1.54) is 4.68 Å². The summed E-state index contributed by atoms with van der Waals surface area (Å²) in [4.78, 5) is 26.7. The number of nitrogens with one attached hydrogen (secondary N) is 1. The van der Waals surface area contributed by atoms with Gasteiger partial charge in [-0.15, -0.1) is 0 Å². The summed E-state index contributed by atoms with van der Waals surface area (Å²) in [5, 5.41) is 8.87. The van der Waals surface area contributed by atoms with Crippen molar-refractivity contribution in [1.82, 2.24) is 14.3 Å². The first-order valence-corrected chi connectivity index (χ1v) is 10.9. The molecular weight excluding hydrogens is 400 g/mol. The molecule has 0 saturated heterocycles. The van der Waals surface area contributed by atoms with Gasteiger partial charge in [0.15, 0.2) is 0 Å². The number of hydrogen-bond acceptors (Lipinski definition) is 3. The first-order chi connectivity index (χ1) is 15.3. The first kappa shape index (κ1) is 21.6. The third-order valence-electron chi connectivity index (χ3n) is 6.32. The van der Waals surface area contributed by atoms with Crippen molar-refractivity contribution in [2.75, 3.05) is 5.32 Å². The Labute approximate surface area is 187 Å². The fourth-order valence-corrected chi connectivity index (χ4v) is 4.39. The maximum Gasteiger partial charge on any atom is 0.281 e. The van der Waals surface area contributed by atoms with Crippen LogP contribution in [0, 0.1) is 27.7 Å². The zero-order valence-electron chi connectivity index (χ0n) is 19.1. The quantitative estimate of drug-likeness (QED) is 0.486. The molecule has 1 N–H and O–H groups in total. The summed E-state index contributed by atoms with van der Waals surface area (Å²) in [7, 11) is 0. The van der Waals surface area contributed by atoms with E-state index in [-0.39, 0.29) is 11.5 Å². The lowest BCUT2D eigenvalue weighted by molar-refractivity contribution is -0.119. The lowest BCUT2D eigenvalue weighted by Crippen LogP contribution is -2.27. The molecule has 1 atom stereocenters. The van der Waals surface area contributed by atoms with Crippen molar-refractivity contribution in [3.8, 4) is 5.69 Å². The number of hydrogen-bond donors (Lipinski definition) is 1. The van der Waals surface area contributed by atoms with Crippen LogP contribution >= 0.6 is 0 Å². The highest BCUT2D eigenvalue weighted by Crippen LogP contribution is 2.29. The second-order valence-electron chi connectivity index (χ2n) is 8.19. The molecule has 6 heteroatoms. The van der Waals surface area contributed by atoms with E-state index in [9.17, 15) is 9.59 Å². The molecule has 1 amide bonds. The number of aromatic nitrogens is 3. The van der Waals surface area contributed by atoms with Crippen LogP contribution in [0.3, 0.4) is 0 Å². The van der Waals surface area contributed by atoms with Gasteiger partial charge in [0.25, 0.3) is 5.56 Å². The third-order valence-corrected chi connectivity index (χ3v) is 6.32. The fraction of sp³-hybridized carbons (Fsp3) is 0.269. The van der Waals surface area contributed by atoms with Crippen molar-refractivity contribution in [1.29, 1.82) is 0 Å². The summed E-state index contributed by atoms with van der Waals surface area (Å²) in [6.07, 6.45) is 2.32. The van der Waals surface area contributed by atoms with Gasteiger partial charge in [-0.25, -0.2) is 0 Å². The zero-order valence-corrected chi connectivity index (χ0v) is 19.1.